The number of nitrogens with zero attached hydrogens (tertiary/aromatic N) is 4. The Labute approximate surface area is 213 Å². The van der Waals surface area contributed by atoms with Crippen molar-refractivity contribution in [2.45, 2.75) is 32.4 Å². The number of amides is 1. The molecule has 6 heteroatoms. The first-order valence-corrected chi connectivity index (χ1v) is 13.3. The number of piperazine rings is 1. The molecule has 1 atom stereocenters. The molecule has 2 aromatic carbocycles. The predicted octanol–water partition coefficient (Wildman–Crippen LogP) is 4.19. The van der Waals surface area contributed by atoms with E-state index in [1.165, 1.54) is 5.56 Å². The minimum atomic E-state index is 0.239. The van der Waals surface area contributed by atoms with Crippen molar-refractivity contribution >= 4 is 16.8 Å². The number of hydrogen-bond acceptors (Lipinski definition) is 5. The van der Waals surface area contributed by atoms with E-state index in [9.17, 15) is 4.79 Å². The molecule has 36 heavy (non-hydrogen) atoms. The lowest BCUT2D eigenvalue weighted by molar-refractivity contribution is -0.135. The molecule has 2 saturated heterocycles. The summed E-state index contributed by atoms with van der Waals surface area (Å²) in [7, 11) is 1.70. The summed E-state index contributed by atoms with van der Waals surface area (Å²) in [6.45, 7) is 7.58. The Hall–Kier alpha value is -2.96. The van der Waals surface area contributed by atoms with Gasteiger partial charge in [-0.05, 0) is 55.5 Å². The van der Waals surface area contributed by atoms with Crippen molar-refractivity contribution in [1.82, 2.24) is 19.7 Å². The van der Waals surface area contributed by atoms with Crippen LogP contribution in [0.25, 0.3) is 10.9 Å². The SMILES string of the molecule is COc1cccc2ccc(CN3CCC4(CC3)CC4C(=O)N3CCN(Cc4ccccc4)CC3)nc12. The molecule has 2 aliphatic heterocycles. The fourth-order valence-corrected chi connectivity index (χ4v) is 6.24. The molecule has 1 unspecified atom stereocenters. The van der Waals surface area contributed by atoms with E-state index in [0.29, 0.717) is 5.91 Å². The molecule has 1 spiro atoms. The molecule has 3 fully saturated rings. The predicted molar refractivity (Wildman–Crippen MR) is 142 cm³/mol. The molecule has 1 amide bonds. The van der Waals surface area contributed by atoms with Crippen LogP contribution in [0.3, 0.4) is 0 Å². The average Bonchev–Trinajstić information content (AvgIpc) is 3.63. The van der Waals surface area contributed by atoms with Gasteiger partial charge in [0.15, 0.2) is 0 Å². The van der Waals surface area contributed by atoms with E-state index >= 15 is 0 Å². The highest BCUT2D eigenvalue weighted by atomic mass is 16.5. The number of fused-ring (bicyclic) bond motifs is 1. The van der Waals surface area contributed by atoms with Gasteiger partial charge < -0.3 is 9.64 Å². The Morgan fingerprint density at radius 1 is 0.889 bits per heavy atom. The number of likely N-dealkylation sites (tertiary alicyclic amines) is 1. The average molecular weight is 485 g/mol. The number of methoxy groups -OCH3 is 1. The van der Waals surface area contributed by atoms with Crippen molar-refractivity contribution in [2.24, 2.45) is 11.3 Å². The first kappa shape index (κ1) is 23.4. The van der Waals surface area contributed by atoms with E-state index in [1.807, 2.05) is 12.1 Å². The quantitative estimate of drug-likeness (QED) is 0.525. The lowest BCUT2D eigenvalue weighted by atomic mass is 9.90. The molecular formula is C30H36N4O2. The van der Waals surface area contributed by atoms with Crippen LogP contribution in [0.1, 0.15) is 30.5 Å². The van der Waals surface area contributed by atoms with E-state index in [-0.39, 0.29) is 11.3 Å². The normalized spacial score (nSPS) is 22.1. The van der Waals surface area contributed by atoms with Crippen LogP contribution in [0.15, 0.2) is 60.7 Å². The first-order valence-electron chi connectivity index (χ1n) is 13.3. The summed E-state index contributed by atoms with van der Waals surface area (Å²) >= 11 is 0. The third-order valence-corrected chi connectivity index (χ3v) is 8.62. The molecule has 1 saturated carbocycles. The van der Waals surface area contributed by atoms with E-state index in [1.54, 1.807) is 7.11 Å². The van der Waals surface area contributed by atoms with Crippen LogP contribution >= 0.6 is 0 Å². The molecule has 3 aliphatic rings. The third-order valence-electron chi connectivity index (χ3n) is 8.62. The Morgan fingerprint density at radius 2 is 1.64 bits per heavy atom. The summed E-state index contributed by atoms with van der Waals surface area (Å²) in [6, 6.07) is 21.0. The fraction of sp³-hybridized carbons (Fsp3) is 0.467. The van der Waals surface area contributed by atoms with Gasteiger partial charge in [0, 0.05) is 50.6 Å². The zero-order valence-electron chi connectivity index (χ0n) is 21.2. The second-order valence-electron chi connectivity index (χ2n) is 10.8. The van der Waals surface area contributed by atoms with Gasteiger partial charge in [-0.25, -0.2) is 4.98 Å². The standard InChI is InChI=1S/C30H36N4O2/c1-36-27-9-5-8-24-10-11-25(31-28(24)27)22-32-14-12-30(13-15-32)20-26(30)29(35)34-18-16-33(17-19-34)21-23-6-3-2-4-7-23/h2-11,26H,12-22H2,1H3. The van der Waals surface area contributed by atoms with Crippen LogP contribution in [-0.2, 0) is 17.9 Å². The van der Waals surface area contributed by atoms with Crippen molar-refractivity contribution in [3.63, 3.8) is 0 Å². The highest BCUT2D eigenvalue weighted by Crippen LogP contribution is 2.60. The third kappa shape index (κ3) is 4.72. The maximum atomic E-state index is 13.3. The van der Waals surface area contributed by atoms with E-state index < -0.39 is 0 Å². The summed E-state index contributed by atoms with van der Waals surface area (Å²) in [5, 5.41) is 1.11. The topological polar surface area (TPSA) is 48.9 Å². The summed E-state index contributed by atoms with van der Waals surface area (Å²) < 4.78 is 5.51. The molecule has 6 rings (SSSR count). The molecule has 0 radical (unpaired) electrons. The summed E-state index contributed by atoms with van der Waals surface area (Å²) in [6.07, 6.45) is 3.32. The maximum absolute atomic E-state index is 13.3. The molecule has 0 bridgehead atoms. The maximum Gasteiger partial charge on any atom is 0.226 e. The number of piperidine rings is 1. The van der Waals surface area contributed by atoms with Gasteiger partial charge in [0.05, 0.1) is 12.8 Å². The van der Waals surface area contributed by atoms with Gasteiger partial charge in [0.2, 0.25) is 5.91 Å². The number of pyridine rings is 1. The molecule has 188 valence electrons. The van der Waals surface area contributed by atoms with Crippen molar-refractivity contribution in [2.75, 3.05) is 46.4 Å². The number of aromatic nitrogens is 1. The van der Waals surface area contributed by atoms with Crippen molar-refractivity contribution in [3.8, 4) is 5.75 Å². The van der Waals surface area contributed by atoms with Crippen LogP contribution in [0.4, 0.5) is 0 Å². The zero-order chi connectivity index (χ0) is 24.5. The first-order chi connectivity index (χ1) is 17.6. The Morgan fingerprint density at radius 3 is 2.39 bits per heavy atom. The van der Waals surface area contributed by atoms with E-state index in [0.717, 1.165) is 94.0 Å². The van der Waals surface area contributed by atoms with Crippen molar-refractivity contribution in [1.29, 1.82) is 0 Å². The monoisotopic (exact) mass is 484 g/mol. The van der Waals surface area contributed by atoms with Gasteiger partial charge in [-0.1, -0.05) is 48.5 Å². The van der Waals surface area contributed by atoms with Gasteiger partial charge in [0.1, 0.15) is 11.3 Å². The highest BCUT2D eigenvalue weighted by molar-refractivity contribution is 5.84. The van der Waals surface area contributed by atoms with Crippen molar-refractivity contribution in [3.05, 3.63) is 71.9 Å². The number of hydrogen-bond donors (Lipinski definition) is 0. The Bertz CT molecular complexity index is 1210. The van der Waals surface area contributed by atoms with Crippen molar-refractivity contribution < 1.29 is 9.53 Å². The molecule has 3 aromatic rings. The van der Waals surface area contributed by atoms with Crippen LogP contribution < -0.4 is 4.74 Å². The minimum absolute atomic E-state index is 0.239. The Kier molecular flexibility index (Phi) is 6.40. The number of rotatable bonds is 6. The lowest BCUT2D eigenvalue weighted by Gasteiger charge is -2.36. The molecule has 6 nitrogen and oxygen atoms in total. The lowest BCUT2D eigenvalue weighted by Crippen LogP contribution is -2.49. The second kappa shape index (κ2) is 9.83. The van der Waals surface area contributed by atoms with Gasteiger partial charge in [-0.3, -0.25) is 14.6 Å². The zero-order valence-corrected chi connectivity index (χ0v) is 21.2. The number of carbonyl (C=O) groups excluding carboxylic acids is 1. The van der Waals surface area contributed by atoms with Crippen LogP contribution in [-0.4, -0.2) is 72.0 Å². The molecule has 1 aromatic heterocycles. The largest absolute Gasteiger partial charge is 0.494 e. The number of para-hydroxylation sites is 1. The van der Waals surface area contributed by atoms with Crippen LogP contribution in [0.2, 0.25) is 0 Å². The smallest absolute Gasteiger partial charge is 0.226 e. The van der Waals surface area contributed by atoms with Crippen LogP contribution in [0.5, 0.6) is 5.75 Å². The van der Waals surface area contributed by atoms with Gasteiger partial charge in [0.25, 0.3) is 0 Å². The Balaban J connectivity index is 0.994. The fourth-order valence-electron chi connectivity index (χ4n) is 6.24. The summed E-state index contributed by atoms with van der Waals surface area (Å²) in [5.74, 6) is 1.47. The molecule has 0 N–H and O–H groups in total. The van der Waals surface area contributed by atoms with E-state index in [2.05, 4.69) is 63.2 Å². The second-order valence-corrected chi connectivity index (χ2v) is 10.8. The summed E-state index contributed by atoms with van der Waals surface area (Å²) in [4.78, 5) is 25.3. The summed E-state index contributed by atoms with van der Waals surface area (Å²) in [5.41, 5.74) is 3.61. The number of benzene rings is 2. The highest BCUT2D eigenvalue weighted by Gasteiger charge is 2.59. The molecule has 1 aliphatic carbocycles. The number of ether oxygens (including phenoxy) is 1. The molecule has 3 heterocycles. The van der Waals surface area contributed by atoms with Crippen LogP contribution in [0, 0.1) is 11.3 Å². The van der Waals surface area contributed by atoms with Gasteiger partial charge >= 0.3 is 0 Å². The van der Waals surface area contributed by atoms with Gasteiger partial charge in [-0.2, -0.15) is 0 Å². The van der Waals surface area contributed by atoms with Gasteiger partial charge in [-0.15, -0.1) is 0 Å². The molecular weight excluding hydrogens is 448 g/mol. The number of carbonyl (C=O) groups is 1. The van der Waals surface area contributed by atoms with E-state index in [4.69, 9.17) is 9.72 Å². The minimum Gasteiger partial charge on any atom is -0.494 e.